The number of nitrogens with zero attached hydrogens (tertiary/aromatic N) is 1. The number of ketones is 1. The van der Waals surface area contributed by atoms with E-state index < -0.39 is 23.2 Å². The van der Waals surface area contributed by atoms with Gasteiger partial charge in [0.15, 0.2) is 5.78 Å². The lowest BCUT2D eigenvalue weighted by molar-refractivity contribution is -0.154. The fraction of sp³-hybridized carbons (Fsp3) is 0.750. The summed E-state index contributed by atoms with van der Waals surface area (Å²) in [5.74, 6) is -1.28. The van der Waals surface area contributed by atoms with Gasteiger partial charge in [0.25, 0.3) is 0 Å². The van der Waals surface area contributed by atoms with Crippen LogP contribution in [0.5, 0.6) is 0 Å². The van der Waals surface area contributed by atoms with E-state index in [0.29, 0.717) is 0 Å². The molecule has 0 bridgehead atoms. The fourth-order valence-electron chi connectivity index (χ4n) is 1.75. The number of carboxylic acid groups (broad SMARTS) is 1. The molecule has 1 heterocycles. The maximum Gasteiger partial charge on any atom is 0.411 e. The third kappa shape index (κ3) is 3.00. The summed E-state index contributed by atoms with van der Waals surface area (Å²) in [7, 11) is 0. The van der Waals surface area contributed by atoms with Crippen LogP contribution < -0.4 is 0 Å². The van der Waals surface area contributed by atoms with E-state index in [9.17, 15) is 19.5 Å². The first-order valence-electron chi connectivity index (χ1n) is 5.82. The number of rotatable bonds is 1. The summed E-state index contributed by atoms with van der Waals surface area (Å²) >= 11 is 0. The molecule has 0 aliphatic carbocycles. The van der Waals surface area contributed by atoms with Crippen LogP contribution in [0.4, 0.5) is 4.79 Å². The lowest BCUT2D eigenvalue weighted by Gasteiger charge is -2.41. The Bertz CT molecular complexity index is 384. The van der Waals surface area contributed by atoms with Crippen LogP contribution in [-0.2, 0) is 14.3 Å². The molecule has 1 aliphatic rings. The minimum atomic E-state index is -1.38. The second kappa shape index (κ2) is 4.59. The molecule has 1 saturated heterocycles. The van der Waals surface area contributed by atoms with Crippen molar-refractivity contribution in [2.75, 3.05) is 6.54 Å². The van der Waals surface area contributed by atoms with Gasteiger partial charge < -0.3 is 9.84 Å². The number of carboxylic acids is 1. The van der Waals surface area contributed by atoms with Gasteiger partial charge in [-0.2, -0.15) is 0 Å². The van der Waals surface area contributed by atoms with Gasteiger partial charge >= 0.3 is 12.1 Å². The lowest BCUT2D eigenvalue weighted by Crippen LogP contribution is -2.60. The molecule has 0 aromatic carbocycles. The summed E-state index contributed by atoms with van der Waals surface area (Å²) in [6, 6.07) is 0. The van der Waals surface area contributed by atoms with Crippen LogP contribution in [0.2, 0.25) is 0 Å². The molecular formula is C12H19NO5. The van der Waals surface area contributed by atoms with Gasteiger partial charge in [-0.05, 0) is 34.1 Å². The van der Waals surface area contributed by atoms with E-state index in [1.807, 2.05) is 0 Å². The van der Waals surface area contributed by atoms with E-state index in [2.05, 4.69) is 0 Å². The summed E-state index contributed by atoms with van der Waals surface area (Å²) in [6.45, 7) is 6.29. The summed E-state index contributed by atoms with van der Waals surface area (Å²) in [4.78, 5) is 35.7. The molecule has 6 heteroatoms. The molecular weight excluding hydrogens is 238 g/mol. The number of ether oxygens (including phenoxy) is 1. The Morgan fingerprint density at radius 2 is 1.94 bits per heavy atom. The van der Waals surface area contributed by atoms with E-state index in [-0.39, 0.29) is 25.2 Å². The fourth-order valence-corrected chi connectivity index (χ4v) is 1.75. The number of aliphatic carboxylic acids is 1. The quantitative estimate of drug-likeness (QED) is 0.768. The van der Waals surface area contributed by atoms with E-state index in [1.165, 1.54) is 6.92 Å². The number of hydrogen-bond acceptors (Lipinski definition) is 4. The third-order valence-electron chi connectivity index (χ3n) is 2.90. The lowest BCUT2D eigenvalue weighted by atomic mass is 9.88. The molecule has 0 unspecified atom stereocenters. The normalized spacial score (nSPS) is 24.9. The molecule has 0 aromatic rings. The van der Waals surface area contributed by atoms with Crippen molar-refractivity contribution in [1.82, 2.24) is 4.90 Å². The second-order valence-electron chi connectivity index (χ2n) is 5.68. The summed E-state index contributed by atoms with van der Waals surface area (Å²) in [5, 5.41) is 9.24. The van der Waals surface area contributed by atoms with Crippen LogP contribution in [0.3, 0.4) is 0 Å². The van der Waals surface area contributed by atoms with Gasteiger partial charge in [-0.15, -0.1) is 0 Å². The smallest absolute Gasteiger partial charge is 0.411 e. The van der Waals surface area contributed by atoms with Crippen LogP contribution in [0, 0.1) is 0 Å². The minimum Gasteiger partial charge on any atom is -0.480 e. The maximum atomic E-state index is 12.0. The van der Waals surface area contributed by atoms with Crippen molar-refractivity contribution >= 4 is 17.8 Å². The van der Waals surface area contributed by atoms with Crippen LogP contribution >= 0.6 is 0 Å². The summed E-state index contributed by atoms with van der Waals surface area (Å²) < 4.78 is 5.14. The standard InChI is InChI=1S/C12H19NO5/c1-11(2,3)18-10(17)13-7-8(14)5-6-12(13,4)9(15)16/h5-7H2,1-4H3,(H,15,16)/t12-/m1/s1. The second-order valence-corrected chi connectivity index (χ2v) is 5.68. The Morgan fingerprint density at radius 1 is 1.39 bits per heavy atom. The number of carbonyl (C=O) groups is 3. The molecule has 1 N–H and O–H groups in total. The largest absolute Gasteiger partial charge is 0.480 e. The molecule has 1 aliphatic heterocycles. The molecule has 18 heavy (non-hydrogen) atoms. The van der Waals surface area contributed by atoms with Gasteiger partial charge in [0.1, 0.15) is 11.1 Å². The molecule has 0 radical (unpaired) electrons. The van der Waals surface area contributed by atoms with Crippen molar-refractivity contribution < 1.29 is 24.2 Å². The molecule has 0 saturated carbocycles. The number of hydrogen-bond donors (Lipinski definition) is 1. The Morgan fingerprint density at radius 3 is 2.39 bits per heavy atom. The van der Waals surface area contributed by atoms with E-state index >= 15 is 0 Å². The Labute approximate surface area is 106 Å². The average molecular weight is 257 g/mol. The highest BCUT2D eigenvalue weighted by Crippen LogP contribution is 2.28. The average Bonchev–Trinajstić information content (AvgIpc) is 2.18. The zero-order valence-corrected chi connectivity index (χ0v) is 11.1. The zero-order valence-electron chi connectivity index (χ0n) is 11.1. The van der Waals surface area contributed by atoms with Crippen molar-refractivity contribution in [3.05, 3.63) is 0 Å². The monoisotopic (exact) mass is 257 g/mol. The van der Waals surface area contributed by atoms with E-state index in [1.54, 1.807) is 20.8 Å². The highest BCUT2D eigenvalue weighted by Gasteiger charge is 2.47. The maximum absolute atomic E-state index is 12.0. The molecule has 102 valence electrons. The summed E-state index contributed by atoms with van der Waals surface area (Å²) in [5.41, 5.74) is -2.10. The Hall–Kier alpha value is -1.59. The van der Waals surface area contributed by atoms with Gasteiger partial charge in [-0.3, -0.25) is 9.69 Å². The first-order chi connectivity index (χ1) is 8.06. The SMILES string of the molecule is CC(C)(C)OC(=O)N1CC(=O)CC[C@]1(C)C(=O)O. The van der Waals surface area contributed by atoms with Gasteiger partial charge in [0.05, 0.1) is 6.54 Å². The Balaban J connectivity index is 2.96. The summed E-state index contributed by atoms with van der Waals surface area (Å²) in [6.07, 6.45) is -0.483. The third-order valence-corrected chi connectivity index (χ3v) is 2.90. The first kappa shape index (κ1) is 14.5. The van der Waals surface area contributed by atoms with Gasteiger partial charge in [0, 0.05) is 6.42 Å². The van der Waals surface area contributed by atoms with Crippen molar-refractivity contribution in [1.29, 1.82) is 0 Å². The number of Topliss-reactive ketones (excluding diaryl/α,β-unsaturated/α-hetero) is 1. The number of piperidine rings is 1. The predicted molar refractivity (Wildman–Crippen MR) is 63.2 cm³/mol. The van der Waals surface area contributed by atoms with Crippen molar-refractivity contribution in [2.24, 2.45) is 0 Å². The molecule has 1 atom stereocenters. The Kier molecular flexibility index (Phi) is 3.69. The van der Waals surface area contributed by atoms with Crippen molar-refractivity contribution in [3.8, 4) is 0 Å². The van der Waals surface area contributed by atoms with Gasteiger partial charge in [-0.1, -0.05) is 0 Å². The molecule has 0 spiro atoms. The highest BCUT2D eigenvalue weighted by atomic mass is 16.6. The molecule has 1 fully saturated rings. The van der Waals surface area contributed by atoms with Crippen LogP contribution in [0.15, 0.2) is 0 Å². The van der Waals surface area contributed by atoms with Crippen molar-refractivity contribution in [2.45, 2.75) is 51.7 Å². The van der Waals surface area contributed by atoms with Crippen LogP contribution in [-0.4, -0.2) is 45.5 Å². The molecule has 1 amide bonds. The van der Waals surface area contributed by atoms with Crippen LogP contribution in [0.25, 0.3) is 0 Å². The molecule has 0 aromatic heterocycles. The number of likely N-dealkylation sites (tertiary alicyclic amines) is 1. The highest BCUT2D eigenvalue weighted by molar-refractivity contribution is 5.92. The molecule has 6 nitrogen and oxygen atoms in total. The topological polar surface area (TPSA) is 83.9 Å². The van der Waals surface area contributed by atoms with E-state index in [0.717, 1.165) is 4.90 Å². The predicted octanol–water partition coefficient (Wildman–Crippen LogP) is 1.43. The number of amides is 1. The van der Waals surface area contributed by atoms with Crippen molar-refractivity contribution in [3.63, 3.8) is 0 Å². The number of carbonyl (C=O) groups excluding carboxylic acids is 2. The molecule has 1 rings (SSSR count). The van der Waals surface area contributed by atoms with E-state index in [4.69, 9.17) is 4.74 Å². The minimum absolute atomic E-state index is 0.112. The van der Waals surface area contributed by atoms with Crippen LogP contribution in [0.1, 0.15) is 40.5 Å². The van der Waals surface area contributed by atoms with Gasteiger partial charge in [0.2, 0.25) is 0 Å². The first-order valence-corrected chi connectivity index (χ1v) is 5.82. The van der Waals surface area contributed by atoms with Gasteiger partial charge in [-0.25, -0.2) is 9.59 Å². The zero-order chi connectivity index (χ0) is 14.1.